The van der Waals surface area contributed by atoms with Gasteiger partial charge in [-0.25, -0.2) is 4.98 Å². The zero-order chi connectivity index (χ0) is 17.8. The number of hydrogen-bond donors (Lipinski definition) is 0. The Morgan fingerprint density at radius 2 is 1.58 bits per heavy atom. The number of para-hydroxylation sites is 2. The molecule has 0 saturated carbocycles. The van der Waals surface area contributed by atoms with Crippen LogP contribution in [0.2, 0.25) is 0 Å². The third kappa shape index (κ3) is 3.22. The molecule has 3 aromatic carbocycles. The molecule has 1 aromatic heterocycles. The van der Waals surface area contributed by atoms with E-state index in [2.05, 4.69) is 17.1 Å². The molecular weight excluding hydrogens is 324 g/mol. The Morgan fingerprint density at radius 1 is 0.846 bits per heavy atom. The normalized spacial score (nSPS) is 10.8. The van der Waals surface area contributed by atoms with Crippen molar-refractivity contribution in [3.8, 4) is 16.9 Å². The van der Waals surface area contributed by atoms with Crippen molar-refractivity contribution in [2.45, 2.75) is 6.54 Å². The highest BCUT2D eigenvalue weighted by Gasteiger charge is 2.07. The molecular formula is C22H18N2O2. The van der Waals surface area contributed by atoms with Crippen molar-refractivity contribution in [3.05, 3.63) is 95.5 Å². The van der Waals surface area contributed by atoms with Gasteiger partial charge in [0.2, 0.25) is 0 Å². The molecule has 0 N–H and O–H groups in total. The zero-order valence-electron chi connectivity index (χ0n) is 14.2. The topological polar surface area (TPSA) is 44.1 Å². The monoisotopic (exact) mass is 342 g/mol. The molecule has 26 heavy (non-hydrogen) atoms. The first-order chi connectivity index (χ1) is 12.8. The molecule has 0 bridgehead atoms. The van der Waals surface area contributed by atoms with Crippen LogP contribution in [0.3, 0.4) is 0 Å². The van der Waals surface area contributed by atoms with E-state index in [9.17, 15) is 4.79 Å². The standard InChI is InChI=1S/C22H18N2O2/c25-22-19-11-4-6-12-20(19)23-16-24(22)14-15-26-21-13-7-5-10-18(21)17-8-2-1-3-9-17/h1-13,16H,14-15H2. The summed E-state index contributed by atoms with van der Waals surface area (Å²) >= 11 is 0. The van der Waals surface area contributed by atoms with Gasteiger partial charge >= 0.3 is 0 Å². The lowest BCUT2D eigenvalue weighted by atomic mass is 10.1. The van der Waals surface area contributed by atoms with Gasteiger partial charge in [0.1, 0.15) is 12.4 Å². The lowest BCUT2D eigenvalue weighted by Gasteiger charge is -2.12. The Hall–Kier alpha value is -3.40. The highest BCUT2D eigenvalue weighted by molar-refractivity contribution is 5.76. The number of aromatic nitrogens is 2. The average molecular weight is 342 g/mol. The van der Waals surface area contributed by atoms with Crippen LogP contribution in [0.15, 0.2) is 90.0 Å². The van der Waals surface area contributed by atoms with E-state index < -0.39 is 0 Å². The Morgan fingerprint density at radius 3 is 2.46 bits per heavy atom. The fraction of sp³-hybridized carbons (Fsp3) is 0.0909. The van der Waals surface area contributed by atoms with Crippen LogP contribution >= 0.6 is 0 Å². The lowest BCUT2D eigenvalue weighted by Crippen LogP contribution is -2.23. The van der Waals surface area contributed by atoms with Gasteiger partial charge in [-0.1, -0.05) is 60.7 Å². The molecule has 0 radical (unpaired) electrons. The van der Waals surface area contributed by atoms with E-state index in [1.165, 1.54) is 0 Å². The largest absolute Gasteiger partial charge is 0.491 e. The molecule has 0 amide bonds. The fourth-order valence-electron chi connectivity index (χ4n) is 2.97. The SMILES string of the molecule is O=c1c2ccccc2ncn1CCOc1ccccc1-c1ccccc1. The molecule has 0 aliphatic carbocycles. The van der Waals surface area contributed by atoms with E-state index in [1.807, 2.05) is 60.7 Å². The molecule has 0 unspecified atom stereocenters. The van der Waals surface area contributed by atoms with Crippen LogP contribution in [0.4, 0.5) is 0 Å². The Bertz CT molecular complexity index is 1090. The first-order valence-corrected chi connectivity index (χ1v) is 8.54. The molecule has 4 heteroatoms. The van der Waals surface area contributed by atoms with Crippen LogP contribution in [0.25, 0.3) is 22.0 Å². The van der Waals surface area contributed by atoms with Crippen LogP contribution in [-0.4, -0.2) is 16.2 Å². The van der Waals surface area contributed by atoms with E-state index in [4.69, 9.17) is 4.74 Å². The second-order valence-corrected chi connectivity index (χ2v) is 5.97. The predicted molar refractivity (Wildman–Crippen MR) is 103 cm³/mol. The number of rotatable bonds is 5. The Labute approximate surface area is 151 Å². The Kier molecular flexibility index (Phi) is 4.48. The summed E-state index contributed by atoms with van der Waals surface area (Å²) in [5.41, 5.74) is 2.81. The molecule has 0 aliphatic heterocycles. The minimum Gasteiger partial charge on any atom is -0.491 e. The van der Waals surface area contributed by atoms with E-state index in [1.54, 1.807) is 17.0 Å². The van der Waals surface area contributed by atoms with Gasteiger partial charge < -0.3 is 4.74 Å². The van der Waals surface area contributed by atoms with Crippen molar-refractivity contribution in [1.82, 2.24) is 9.55 Å². The number of benzene rings is 3. The molecule has 4 nitrogen and oxygen atoms in total. The van der Waals surface area contributed by atoms with Gasteiger partial charge in [-0.15, -0.1) is 0 Å². The number of hydrogen-bond acceptors (Lipinski definition) is 3. The molecule has 0 aliphatic rings. The van der Waals surface area contributed by atoms with Crippen LogP contribution in [0.1, 0.15) is 0 Å². The van der Waals surface area contributed by atoms with Crippen molar-refractivity contribution < 1.29 is 4.74 Å². The molecule has 0 spiro atoms. The third-order valence-electron chi connectivity index (χ3n) is 4.29. The fourth-order valence-corrected chi connectivity index (χ4v) is 2.97. The van der Waals surface area contributed by atoms with Gasteiger partial charge in [0.05, 0.1) is 23.8 Å². The minimum absolute atomic E-state index is 0.0458. The summed E-state index contributed by atoms with van der Waals surface area (Å²) in [6.07, 6.45) is 1.58. The maximum absolute atomic E-state index is 12.5. The smallest absolute Gasteiger partial charge is 0.261 e. The summed E-state index contributed by atoms with van der Waals surface area (Å²) in [4.78, 5) is 16.9. The van der Waals surface area contributed by atoms with E-state index >= 15 is 0 Å². The van der Waals surface area contributed by atoms with Crippen molar-refractivity contribution in [1.29, 1.82) is 0 Å². The molecule has 4 aromatic rings. The maximum Gasteiger partial charge on any atom is 0.261 e. The van der Waals surface area contributed by atoms with Crippen LogP contribution in [0.5, 0.6) is 5.75 Å². The number of nitrogens with zero attached hydrogens (tertiary/aromatic N) is 2. The first kappa shape index (κ1) is 16.1. The van der Waals surface area contributed by atoms with Crippen molar-refractivity contribution in [2.24, 2.45) is 0 Å². The molecule has 128 valence electrons. The van der Waals surface area contributed by atoms with Gasteiger partial charge in [-0.2, -0.15) is 0 Å². The zero-order valence-corrected chi connectivity index (χ0v) is 14.2. The Balaban J connectivity index is 1.53. The second-order valence-electron chi connectivity index (χ2n) is 5.97. The van der Waals surface area contributed by atoms with E-state index in [0.717, 1.165) is 16.9 Å². The molecule has 4 rings (SSSR count). The molecule has 1 heterocycles. The van der Waals surface area contributed by atoms with Crippen LogP contribution in [0, 0.1) is 0 Å². The summed E-state index contributed by atoms with van der Waals surface area (Å²) in [5, 5.41) is 0.625. The summed E-state index contributed by atoms with van der Waals surface area (Å²) in [7, 11) is 0. The second kappa shape index (κ2) is 7.23. The van der Waals surface area contributed by atoms with Gasteiger partial charge in [0, 0.05) is 5.56 Å². The van der Waals surface area contributed by atoms with Gasteiger partial charge in [0.15, 0.2) is 0 Å². The van der Waals surface area contributed by atoms with E-state index in [0.29, 0.717) is 24.1 Å². The minimum atomic E-state index is -0.0458. The van der Waals surface area contributed by atoms with Crippen molar-refractivity contribution in [2.75, 3.05) is 6.61 Å². The van der Waals surface area contributed by atoms with Crippen molar-refractivity contribution >= 4 is 10.9 Å². The van der Waals surface area contributed by atoms with Gasteiger partial charge in [0.25, 0.3) is 5.56 Å². The quantitative estimate of drug-likeness (QED) is 0.547. The van der Waals surface area contributed by atoms with Crippen LogP contribution in [-0.2, 0) is 6.54 Å². The number of fused-ring (bicyclic) bond motifs is 1. The molecule has 0 saturated heterocycles. The summed E-state index contributed by atoms with van der Waals surface area (Å²) in [6, 6.07) is 25.4. The molecule has 0 fully saturated rings. The summed E-state index contributed by atoms with van der Waals surface area (Å²) < 4.78 is 7.57. The first-order valence-electron chi connectivity index (χ1n) is 8.54. The van der Waals surface area contributed by atoms with Crippen LogP contribution < -0.4 is 10.3 Å². The maximum atomic E-state index is 12.5. The highest BCUT2D eigenvalue weighted by atomic mass is 16.5. The van der Waals surface area contributed by atoms with Gasteiger partial charge in [-0.05, 0) is 23.8 Å². The predicted octanol–water partition coefficient (Wildman–Crippen LogP) is 4.14. The highest BCUT2D eigenvalue weighted by Crippen LogP contribution is 2.29. The molecule has 0 atom stereocenters. The summed E-state index contributed by atoms with van der Waals surface area (Å²) in [5.74, 6) is 0.806. The third-order valence-corrected chi connectivity index (χ3v) is 4.29. The van der Waals surface area contributed by atoms with Crippen molar-refractivity contribution in [3.63, 3.8) is 0 Å². The number of ether oxygens (including phenoxy) is 1. The van der Waals surface area contributed by atoms with E-state index in [-0.39, 0.29) is 5.56 Å². The lowest BCUT2D eigenvalue weighted by molar-refractivity contribution is 0.297. The summed E-state index contributed by atoms with van der Waals surface area (Å²) in [6.45, 7) is 0.837. The van der Waals surface area contributed by atoms with Gasteiger partial charge in [-0.3, -0.25) is 9.36 Å². The average Bonchev–Trinajstić information content (AvgIpc) is 2.71.